The highest BCUT2D eigenvalue weighted by atomic mass is 16.5. The highest BCUT2D eigenvalue weighted by Crippen LogP contribution is 1.97. The van der Waals surface area contributed by atoms with Gasteiger partial charge in [0.1, 0.15) is 6.73 Å². The molecule has 1 saturated heterocycles. The van der Waals surface area contributed by atoms with E-state index in [-0.39, 0.29) is 0 Å². The van der Waals surface area contributed by atoms with Gasteiger partial charge in [-0.1, -0.05) is 0 Å². The first-order valence-corrected chi connectivity index (χ1v) is 3.17. The Bertz CT molecular complexity index is 32.5. The van der Waals surface area contributed by atoms with Crippen LogP contribution in [0.5, 0.6) is 0 Å². The number of ether oxygens (including phenoxy) is 1. The first-order valence-electron chi connectivity index (χ1n) is 3.17. The molecule has 0 amide bonds. The van der Waals surface area contributed by atoms with Crippen LogP contribution >= 0.6 is 0 Å². The van der Waals surface area contributed by atoms with E-state index < -0.39 is 0 Å². The van der Waals surface area contributed by atoms with Crippen LogP contribution in [-0.2, 0) is 4.74 Å². The van der Waals surface area contributed by atoms with E-state index in [0.29, 0.717) is 0 Å². The summed E-state index contributed by atoms with van der Waals surface area (Å²) in [6, 6.07) is 0. The molecule has 0 unspecified atom stereocenters. The zero-order valence-electron chi connectivity index (χ0n) is 5.02. The Morgan fingerprint density at radius 1 is 1.25 bits per heavy atom. The molecule has 0 aromatic heterocycles. The van der Waals surface area contributed by atoms with E-state index in [1.54, 1.807) is 6.73 Å². The van der Waals surface area contributed by atoms with Crippen LogP contribution in [0.2, 0.25) is 0 Å². The summed E-state index contributed by atoms with van der Waals surface area (Å²) in [5, 5.41) is 3.04. The molecule has 1 heterocycles. The van der Waals surface area contributed by atoms with Gasteiger partial charge in [0.05, 0.1) is 0 Å². The van der Waals surface area contributed by atoms with Gasteiger partial charge in [-0.2, -0.15) is 0 Å². The third-order valence-electron chi connectivity index (χ3n) is 1.25. The molecule has 8 heavy (non-hydrogen) atoms. The van der Waals surface area contributed by atoms with E-state index in [9.17, 15) is 0 Å². The molecule has 0 aliphatic carbocycles. The molecule has 47 valence electrons. The minimum atomic E-state index is 0.882. The maximum atomic E-state index is 5.04. The van der Waals surface area contributed by atoms with Crippen LogP contribution in [0.1, 0.15) is 19.3 Å². The summed E-state index contributed by atoms with van der Waals surface area (Å²) in [5.41, 5.74) is 0. The van der Waals surface area contributed by atoms with Gasteiger partial charge in [-0.3, -0.25) is 5.32 Å². The van der Waals surface area contributed by atoms with Crippen LogP contribution < -0.4 is 5.32 Å². The van der Waals surface area contributed by atoms with Crippen molar-refractivity contribution in [3.63, 3.8) is 0 Å². The maximum absolute atomic E-state index is 5.04. The van der Waals surface area contributed by atoms with E-state index in [4.69, 9.17) is 4.74 Å². The lowest BCUT2D eigenvalue weighted by atomic mass is 10.2. The van der Waals surface area contributed by atoms with Crippen LogP contribution in [0.3, 0.4) is 0 Å². The quantitative estimate of drug-likeness (QED) is 0.505. The second kappa shape index (κ2) is 3.87. The average molecular weight is 114 g/mol. The molecule has 0 aromatic rings. The SMILES string of the molecule is [CH]1NCCCCCO1. The smallest absolute Gasteiger partial charge is 0.148 e. The fourth-order valence-corrected chi connectivity index (χ4v) is 0.766. The first-order chi connectivity index (χ1) is 4.00. The van der Waals surface area contributed by atoms with Gasteiger partial charge >= 0.3 is 0 Å². The van der Waals surface area contributed by atoms with Crippen molar-refractivity contribution in [1.82, 2.24) is 5.32 Å². The predicted molar refractivity (Wildman–Crippen MR) is 32.1 cm³/mol. The molecule has 0 aromatic carbocycles. The molecular weight excluding hydrogens is 102 g/mol. The Hall–Kier alpha value is -0.0800. The molecule has 1 rings (SSSR count). The molecule has 0 saturated carbocycles. The van der Waals surface area contributed by atoms with Crippen molar-refractivity contribution < 1.29 is 4.74 Å². The van der Waals surface area contributed by atoms with Crippen molar-refractivity contribution in [2.24, 2.45) is 0 Å². The lowest BCUT2D eigenvalue weighted by Crippen LogP contribution is -2.16. The van der Waals surface area contributed by atoms with Gasteiger partial charge in [-0.05, 0) is 25.8 Å². The predicted octanol–water partition coefficient (Wildman–Crippen LogP) is 0.896. The highest BCUT2D eigenvalue weighted by molar-refractivity contribution is 4.54. The molecule has 1 fully saturated rings. The number of hydrogen-bond donors (Lipinski definition) is 1. The number of rotatable bonds is 0. The van der Waals surface area contributed by atoms with Crippen molar-refractivity contribution in [1.29, 1.82) is 0 Å². The normalized spacial score (nSPS) is 24.0. The molecule has 1 radical (unpaired) electrons. The van der Waals surface area contributed by atoms with Gasteiger partial charge in [0.15, 0.2) is 0 Å². The minimum absolute atomic E-state index is 0.882. The lowest BCUT2D eigenvalue weighted by Gasteiger charge is -2.08. The molecule has 0 spiro atoms. The largest absolute Gasteiger partial charge is 0.359 e. The molecule has 2 nitrogen and oxygen atoms in total. The van der Waals surface area contributed by atoms with Crippen molar-refractivity contribution >= 4 is 0 Å². The van der Waals surface area contributed by atoms with E-state index in [1.165, 1.54) is 19.3 Å². The van der Waals surface area contributed by atoms with Gasteiger partial charge in [0.25, 0.3) is 0 Å². The summed E-state index contributed by atoms with van der Waals surface area (Å²) in [5.74, 6) is 0. The summed E-state index contributed by atoms with van der Waals surface area (Å²) in [4.78, 5) is 0. The Kier molecular flexibility index (Phi) is 2.92. The van der Waals surface area contributed by atoms with Gasteiger partial charge in [0.2, 0.25) is 0 Å². The van der Waals surface area contributed by atoms with E-state index in [2.05, 4.69) is 5.32 Å². The number of nitrogens with one attached hydrogen (secondary N) is 1. The zero-order valence-corrected chi connectivity index (χ0v) is 5.02. The van der Waals surface area contributed by atoms with Gasteiger partial charge in [-0.15, -0.1) is 0 Å². The molecule has 1 aliphatic heterocycles. The second-order valence-corrected chi connectivity index (χ2v) is 2.00. The van der Waals surface area contributed by atoms with Crippen molar-refractivity contribution in [2.75, 3.05) is 13.2 Å². The third-order valence-corrected chi connectivity index (χ3v) is 1.25. The first kappa shape index (κ1) is 6.05. The minimum Gasteiger partial charge on any atom is -0.359 e. The monoisotopic (exact) mass is 114 g/mol. The maximum Gasteiger partial charge on any atom is 0.148 e. The van der Waals surface area contributed by atoms with Crippen LogP contribution in [0.15, 0.2) is 0 Å². The zero-order chi connectivity index (χ0) is 5.66. The highest BCUT2D eigenvalue weighted by Gasteiger charge is 1.94. The summed E-state index contributed by atoms with van der Waals surface area (Å²) in [7, 11) is 0. The average Bonchev–Trinajstić information content (AvgIpc) is 1.62. The Balaban J connectivity index is 2.00. The Labute approximate surface area is 50.2 Å². The van der Waals surface area contributed by atoms with E-state index >= 15 is 0 Å². The fraction of sp³-hybridized carbons (Fsp3) is 0.833. The summed E-state index contributed by atoms with van der Waals surface area (Å²) >= 11 is 0. The summed E-state index contributed by atoms with van der Waals surface area (Å²) in [6.45, 7) is 3.65. The van der Waals surface area contributed by atoms with Crippen molar-refractivity contribution in [3.05, 3.63) is 6.73 Å². The van der Waals surface area contributed by atoms with Gasteiger partial charge in [0, 0.05) is 6.61 Å². The number of hydrogen-bond acceptors (Lipinski definition) is 2. The van der Waals surface area contributed by atoms with Crippen LogP contribution in [-0.4, -0.2) is 13.2 Å². The summed E-state index contributed by atoms with van der Waals surface area (Å²) < 4.78 is 5.04. The lowest BCUT2D eigenvalue weighted by molar-refractivity contribution is 0.164. The second-order valence-electron chi connectivity index (χ2n) is 2.00. The van der Waals surface area contributed by atoms with Crippen LogP contribution in [0.4, 0.5) is 0 Å². The van der Waals surface area contributed by atoms with E-state index in [0.717, 1.165) is 13.2 Å². The van der Waals surface area contributed by atoms with E-state index in [1.807, 2.05) is 0 Å². The van der Waals surface area contributed by atoms with Crippen molar-refractivity contribution in [2.45, 2.75) is 19.3 Å². The topological polar surface area (TPSA) is 21.3 Å². The Morgan fingerprint density at radius 3 is 3.25 bits per heavy atom. The van der Waals surface area contributed by atoms with Crippen LogP contribution in [0, 0.1) is 6.73 Å². The molecule has 1 aliphatic rings. The van der Waals surface area contributed by atoms with Gasteiger partial charge in [-0.25, -0.2) is 0 Å². The molecule has 1 N–H and O–H groups in total. The van der Waals surface area contributed by atoms with Crippen molar-refractivity contribution in [3.8, 4) is 0 Å². The van der Waals surface area contributed by atoms with Crippen LogP contribution in [0.25, 0.3) is 0 Å². The molecule has 0 atom stereocenters. The standard InChI is InChI=1S/C6H12NO/c1-2-4-7-6-8-5-3-1/h6-7H,1-5H2. The molecule has 0 bridgehead atoms. The third kappa shape index (κ3) is 2.28. The molecule has 2 heteroatoms. The fourth-order valence-electron chi connectivity index (χ4n) is 0.766. The molecular formula is C6H12NO. The summed E-state index contributed by atoms with van der Waals surface area (Å²) in [6.07, 6.45) is 3.78. The Morgan fingerprint density at radius 2 is 2.25 bits per heavy atom. The van der Waals surface area contributed by atoms with Gasteiger partial charge < -0.3 is 4.74 Å².